The van der Waals surface area contributed by atoms with E-state index in [1.54, 1.807) is 10.0 Å². The zero-order valence-electron chi connectivity index (χ0n) is 17.4. The summed E-state index contributed by atoms with van der Waals surface area (Å²) in [5, 5.41) is 9.47. The van der Waals surface area contributed by atoms with E-state index in [9.17, 15) is 9.59 Å². The first-order valence-corrected chi connectivity index (χ1v) is 10.3. The minimum absolute atomic E-state index is 0.104. The zero-order chi connectivity index (χ0) is 19.8. The lowest BCUT2D eigenvalue weighted by Gasteiger charge is -2.34. The van der Waals surface area contributed by atoms with Crippen molar-refractivity contribution in [2.75, 3.05) is 28.2 Å². The summed E-state index contributed by atoms with van der Waals surface area (Å²) in [4.78, 5) is 23.6. The second-order valence-corrected chi connectivity index (χ2v) is 8.63. The summed E-state index contributed by atoms with van der Waals surface area (Å²) in [5.41, 5.74) is 5.48. The van der Waals surface area contributed by atoms with Crippen molar-refractivity contribution in [2.24, 2.45) is 11.8 Å². The molecule has 0 saturated heterocycles. The number of carbonyl (C=O) groups is 2. The Hall–Kier alpha value is -1.54. The third-order valence-corrected chi connectivity index (χ3v) is 5.68. The predicted molar refractivity (Wildman–Crippen MR) is 107 cm³/mol. The summed E-state index contributed by atoms with van der Waals surface area (Å²) in [7, 11) is 7.26. The summed E-state index contributed by atoms with van der Waals surface area (Å²) >= 11 is 0. The quantitative estimate of drug-likeness (QED) is 0.530. The molecule has 156 valence electrons. The molecule has 2 saturated carbocycles. The number of hydrazine groups is 2. The average molecular weight is 383 g/mol. The molecule has 4 N–H and O–H groups in total. The first-order chi connectivity index (χ1) is 12.8. The Morgan fingerprint density at radius 2 is 1.00 bits per heavy atom. The van der Waals surface area contributed by atoms with Crippen LogP contribution in [0.5, 0.6) is 0 Å². The maximum Gasteiger partial charge on any atom is 0.329 e. The van der Waals surface area contributed by atoms with Gasteiger partial charge in [0, 0.05) is 40.3 Å². The van der Waals surface area contributed by atoms with Gasteiger partial charge >= 0.3 is 12.1 Å². The zero-order valence-corrected chi connectivity index (χ0v) is 17.4. The predicted octanol–water partition coefficient (Wildman–Crippen LogP) is 2.05. The van der Waals surface area contributed by atoms with Crippen molar-refractivity contribution in [3.8, 4) is 0 Å². The lowest BCUT2D eigenvalue weighted by molar-refractivity contribution is 0.185. The van der Waals surface area contributed by atoms with Crippen LogP contribution in [0.25, 0.3) is 0 Å². The number of nitrogens with one attached hydrogen (secondary N) is 4. The Morgan fingerprint density at radius 3 is 1.30 bits per heavy atom. The van der Waals surface area contributed by atoms with Gasteiger partial charge in [-0.2, -0.15) is 0 Å². The van der Waals surface area contributed by atoms with Crippen LogP contribution in [0.15, 0.2) is 0 Å². The molecule has 2 fully saturated rings. The highest BCUT2D eigenvalue weighted by Crippen LogP contribution is 2.35. The Labute approximate surface area is 163 Å². The molecular weight excluding hydrogens is 344 g/mol. The number of hydrogen-bond donors (Lipinski definition) is 4. The normalized spacial score (nSPS) is 28.7. The van der Waals surface area contributed by atoms with E-state index < -0.39 is 0 Å². The van der Waals surface area contributed by atoms with Crippen LogP contribution in [-0.4, -0.2) is 62.4 Å². The molecule has 0 atom stereocenters. The summed E-state index contributed by atoms with van der Waals surface area (Å²) in [6.45, 7) is 0. The topological polar surface area (TPSA) is 88.7 Å². The van der Waals surface area contributed by atoms with Crippen LogP contribution in [0.1, 0.15) is 57.8 Å². The van der Waals surface area contributed by atoms with Gasteiger partial charge in [-0.1, -0.05) is 0 Å². The summed E-state index contributed by atoms with van der Waals surface area (Å²) in [5.74, 6) is 1.57. The molecule has 2 aliphatic rings. The van der Waals surface area contributed by atoms with Gasteiger partial charge in [-0.05, 0) is 69.6 Å². The highest BCUT2D eigenvalue weighted by Gasteiger charge is 2.28. The standard InChI is InChI=1S/C19H38N6O2/c1-24(2)22-18(26)20-16-9-5-14(6-10-16)13-15-7-11-17(12-8-15)21-19(27)23-25(3)4/h14-17H,5-13H2,1-4H3,(H2,20,22,26)(H2,21,23,27). The van der Waals surface area contributed by atoms with Crippen LogP contribution < -0.4 is 21.5 Å². The summed E-state index contributed by atoms with van der Waals surface area (Å²) < 4.78 is 0. The lowest BCUT2D eigenvalue weighted by atomic mass is 9.76. The van der Waals surface area contributed by atoms with E-state index in [0.717, 1.165) is 37.5 Å². The van der Waals surface area contributed by atoms with Crippen molar-refractivity contribution >= 4 is 12.1 Å². The number of nitrogens with zero attached hydrogens (tertiary/aromatic N) is 2. The maximum atomic E-state index is 11.8. The molecule has 0 spiro atoms. The van der Waals surface area contributed by atoms with Gasteiger partial charge in [0.05, 0.1) is 0 Å². The molecule has 2 aliphatic carbocycles. The molecule has 0 radical (unpaired) electrons. The first kappa shape index (κ1) is 21.8. The Balaban J connectivity index is 1.60. The van der Waals surface area contributed by atoms with Crippen LogP contribution >= 0.6 is 0 Å². The van der Waals surface area contributed by atoms with E-state index in [0.29, 0.717) is 12.1 Å². The van der Waals surface area contributed by atoms with Crippen molar-refractivity contribution in [3.63, 3.8) is 0 Å². The second-order valence-electron chi connectivity index (χ2n) is 8.63. The molecule has 0 aromatic rings. The van der Waals surface area contributed by atoms with E-state index in [4.69, 9.17) is 0 Å². The van der Waals surface area contributed by atoms with Crippen LogP contribution in [0, 0.1) is 11.8 Å². The average Bonchev–Trinajstić information content (AvgIpc) is 2.57. The lowest BCUT2D eigenvalue weighted by Crippen LogP contribution is -2.48. The highest BCUT2D eigenvalue weighted by molar-refractivity contribution is 5.73. The second kappa shape index (κ2) is 10.7. The third-order valence-electron chi connectivity index (χ3n) is 5.68. The van der Waals surface area contributed by atoms with Crippen LogP contribution in [-0.2, 0) is 0 Å². The van der Waals surface area contributed by atoms with Crippen LogP contribution in [0.3, 0.4) is 0 Å². The molecular formula is C19H38N6O2. The molecule has 0 heterocycles. The minimum Gasteiger partial charge on any atom is -0.334 e. The largest absolute Gasteiger partial charge is 0.334 e. The molecule has 8 heteroatoms. The Kier molecular flexibility index (Phi) is 8.63. The minimum atomic E-state index is -0.104. The fourth-order valence-electron chi connectivity index (χ4n) is 4.40. The molecule has 2 rings (SSSR count). The maximum absolute atomic E-state index is 11.8. The third kappa shape index (κ3) is 8.34. The Bertz CT molecular complexity index is 427. The summed E-state index contributed by atoms with van der Waals surface area (Å²) in [6.07, 6.45) is 10.4. The van der Waals surface area contributed by atoms with Crippen molar-refractivity contribution < 1.29 is 9.59 Å². The number of amides is 4. The molecule has 0 unspecified atom stereocenters. The number of rotatable bonds is 6. The monoisotopic (exact) mass is 382 g/mol. The van der Waals surface area contributed by atoms with E-state index >= 15 is 0 Å². The van der Waals surface area contributed by atoms with Gasteiger partial charge in [0.25, 0.3) is 0 Å². The fraction of sp³-hybridized carbons (Fsp3) is 0.895. The van der Waals surface area contributed by atoms with Crippen molar-refractivity contribution in [3.05, 3.63) is 0 Å². The molecule has 4 amide bonds. The molecule has 0 aliphatic heterocycles. The highest BCUT2D eigenvalue weighted by atomic mass is 16.2. The smallest absolute Gasteiger partial charge is 0.329 e. The Morgan fingerprint density at radius 1 is 0.667 bits per heavy atom. The van der Waals surface area contributed by atoms with Crippen LogP contribution in [0.4, 0.5) is 9.59 Å². The van der Waals surface area contributed by atoms with Gasteiger partial charge < -0.3 is 10.6 Å². The summed E-state index contributed by atoms with van der Waals surface area (Å²) in [6, 6.07) is 0.396. The van der Waals surface area contributed by atoms with Crippen molar-refractivity contribution in [1.82, 2.24) is 31.5 Å². The number of carbonyl (C=O) groups excluding carboxylic acids is 2. The van der Waals surface area contributed by atoms with E-state index in [2.05, 4.69) is 21.5 Å². The molecule has 0 aromatic carbocycles. The molecule has 0 bridgehead atoms. The van der Waals surface area contributed by atoms with E-state index in [1.165, 1.54) is 32.1 Å². The van der Waals surface area contributed by atoms with E-state index in [-0.39, 0.29) is 12.1 Å². The van der Waals surface area contributed by atoms with Crippen LogP contribution in [0.2, 0.25) is 0 Å². The van der Waals surface area contributed by atoms with Gasteiger partial charge in [-0.15, -0.1) is 0 Å². The molecule has 27 heavy (non-hydrogen) atoms. The molecule has 0 aromatic heterocycles. The first-order valence-electron chi connectivity index (χ1n) is 10.3. The van der Waals surface area contributed by atoms with Gasteiger partial charge in [0.15, 0.2) is 0 Å². The number of hydrogen-bond acceptors (Lipinski definition) is 4. The van der Waals surface area contributed by atoms with Gasteiger partial charge in [-0.3, -0.25) is 10.9 Å². The van der Waals surface area contributed by atoms with Gasteiger partial charge in [0.1, 0.15) is 0 Å². The van der Waals surface area contributed by atoms with Crippen molar-refractivity contribution in [2.45, 2.75) is 69.9 Å². The SMILES string of the molecule is CN(C)NC(=O)NC1CCC(CC2CCC(NC(=O)NN(C)C)CC2)CC1. The molecule has 8 nitrogen and oxygen atoms in total. The number of urea groups is 2. The van der Waals surface area contributed by atoms with Gasteiger partial charge in [0.2, 0.25) is 0 Å². The fourth-order valence-corrected chi connectivity index (χ4v) is 4.40. The van der Waals surface area contributed by atoms with Gasteiger partial charge in [-0.25, -0.2) is 19.6 Å². The van der Waals surface area contributed by atoms with E-state index in [1.807, 2.05) is 28.2 Å². The van der Waals surface area contributed by atoms with Crippen molar-refractivity contribution in [1.29, 1.82) is 0 Å².